The smallest absolute Gasteiger partial charge is 0.344 e. The van der Waals surface area contributed by atoms with Gasteiger partial charge in [-0.3, -0.25) is 0 Å². The van der Waals surface area contributed by atoms with Crippen molar-refractivity contribution in [1.29, 1.82) is 0 Å². The van der Waals surface area contributed by atoms with Crippen LogP contribution in [0.25, 0.3) is 0 Å². The van der Waals surface area contributed by atoms with E-state index in [0.717, 1.165) is 11.1 Å². The highest BCUT2D eigenvalue weighted by Gasteiger charge is 2.14. The number of carboxylic acids is 1. The van der Waals surface area contributed by atoms with Crippen LogP contribution in [0.15, 0.2) is 59.8 Å². The van der Waals surface area contributed by atoms with Crippen molar-refractivity contribution >= 4 is 11.7 Å². The molecule has 0 unspecified atom stereocenters. The van der Waals surface area contributed by atoms with Crippen LogP contribution in [0.4, 0.5) is 0 Å². The quantitative estimate of drug-likeness (QED) is 0.629. The summed E-state index contributed by atoms with van der Waals surface area (Å²) in [6.07, 6.45) is 0.00751. The van der Waals surface area contributed by atoms with Gasteiger partial charge >= 0.3 is 5.97 Å². The Hall–Kier alpha value is -2.82. The molecule has 5 heteroatoms. The van der Waals surface area contributed by atoms with E-state index in [1.54, 1.807) is 0 Å². The average Bonchev–Trinajstić information content (AvgIpc) is 2.52. The highest BCUT2D eigenvalue weighted by molar-refractivity contribution is 6.14. The average molecular weight is 313 g/mol. The van der Waals surface area contributed by atoms with Gasteiger partial charge < -0.3 is 14.7 Å². The van der Waals surface area contributed by atoms with E-state index >= 15 is 0 Å². The first kappa shape index (κ1) is 16.5. The standard InChI is InChI=1S/C18H19NO4/c1-13(2)23-16-11-7-6-10-15(16)18(19-22-12-17(20)21)14-8-4-3-5-9-14/h3-11,13H,12H2,1-2H3,(H,20,21)/b19-18+. The molecular formula is C18H19NO4. The van der Waals surface area contributed by atoms with Crippen molar-refractivity contribution in [2.24, 2.45) is 5.16 Å². The fraction of sp³-hybridized carbons (Fsp3) is 0.222. The zero-order valence-electron chi connectivity index (χ0n) is 13.1. The first-order valence-corrected chi connectivity index (χ1v) is 7.31. The molecule has 0 aliphatic carbocycles. The lowest BCUT2D eigenvalue weighted by atomic mass is 10.0. The summed E-state index contributed by atoms with van der Waals surface area (Å²) in [5.74, 6) is -0.406. The summed E-state index contributed by atoms with van der Waals surface area (Å²) in [7, 11) is 0. The summed E-state index contributed by atoms with van der Waals surface area (Å²) in [4.78, 5) is 15.6. The summed E-state index contributed by atoms with van der Waals surface area (Å²) in [6, 6.07) is 16.9. The zero-order chi connectivity index (χ0) is 16.7. The van der Waals surface area contributed by atoms with E-state index in [1.165, 1.54) is 0 Å². The molecule has 23 heavy (non-hydrogen) atoms. The van der Waals surface area contributed by atoms with Gasteiger partial charge in [0.15, 0.2) is 0 Å². The molecule has 0 atom stereocenters. The first-order chi connectivity index (χ1) is 11.1. The van der Waals surface area contributed by atoms with Gasteiger partial charge in [0.05, 0.1) is 6.10 Å². The molecule has 0 aromatic heterocycles. The number of aliphatic carboxylic acids is 1. The van der Waals surface area contributed by atoms with Gasteiger partial charge in [0, 0.05) is 11.1 Å². The van der Waals surface area contributed by atoms with Gasteiger partial charge in [-0.2, -0.15) is 0 Å². The van der Waals surface area contributed by atoms with Gasteiger partial charge in [-0.25, -0.2) is 4.79 Å². The van der Waals surface area contributed by atoms with Crippen LogP contribution >= 0.6 is 0 Å². The first-order valence-electron chi connectivity index (χ1n) is 7.31. The second kappa shape index (κ2) is 7.98. The molecule has 0 bridgehead atoms. The van der Waals surface area contributed by atoms with Crippen molar-refractivity contribution in [3.63, 3.8) is 0 Å². The molecule has 0 saturated heterocycles. The topological polar surface area (TPSA) is 68.1 Å². The van der Waals surface area contributed by atoms with Gasteiger partial charge in [0.1, 0.15) is 11.5 Å². The Labute approximate surface area is 135 Å². The van der Waals surface area contributed by atoms with E-state index in [-0.39, 0.29) is 6.10 Å². The monoisotopic (exact) mass is 313 g/mol. The molecule has 0 radical (unpaired) electrons. The van der Waals surface area contributed by atoms with Gasteiger partial charge in [0.25, 0.3) is 0 Å². The third kappa shape index (κ3) is 4.85. The maximum atomic E-state index is 10.6. The van der Waals surface area contributed by atoms with Crippen molar-refractivity contribution in [1.82, 2.24) is 0 Å². The number of hydrogen-bond acceptors (Lipinski definition) is 4. The number of hydrogen-bond donors (Lipinski definition) is 1. The van der Waals surface area contributed by atoms with Crippen molar-refractivity contribution in [3.8, 4) is 5.75 Å². The molecule has 0 fully saturated rings. The molecule has 0 spiro atoms. The summed E-state index contributed by atoms with van der Waals surface area (Å²) in [5.41, 5.74) is 2.10. The SMILES string of the molecule is CC(C)Oc1ccccc1/C(=N/OCC(=O)O)c1ccccc1. The number of carboxylic acid groups (broad SMARTS) is 1. The molecule has 5 nitrogen and oxygen atoms in total. The Morgan fingerprint density at radius 3 is 2.39 bits per heavy atom. The summed E-state index contributed by atoms with van der Waals surface area (Å²) in [5, 5.41) is 12.8. The van der Waals surface area contributed by atoms with Crippen LogP contribution in [0, 0.1) is 0 Å². The van der Waals surface area contributed by atoms with Crippen molar-refractivity contribution in [3.05, 3.63) is 65.7 Å². The van der Waals surface area contributed by atoms with Crippen molar-refractivity contribution in [2.75, 3.05) is 6.61 Å². The van der Waals surface area contributed by atoms with Gasteiger partial charge in [0.2, 0.25) is 6.61 Å². The zero-order valence-corrected chi connectivity index (χ0v) is 13.1. The number of rotatable bonds is 7. The second-order valence-electron chi connectivity index (χ2n) is 5.14. The number of ether oxygens (including phenoxy) is 1. The lowest BCUT2D eigenvalue weighted by Crippen LogP contribution is -2.12. The van der Waals surface area contributed by atoms with Crippen molar-refractivity contribution in [2.45, 2.75) is 20.0 Å². The fourth-order valence-corrected chi connectivity index (χ4v) is 2.02. The summed E-state index contributed by atoms with van der Waals surface area (Å²) in [6.45, 7) is 3.39. The minimum Gasteiger partial charge on any atom is -0.490 e. The fourth-order valence-electron chi connectivity index (χ4n) is 2.02. The molecular weight excluding hydrogens is 294 g/mol. The third-order valence-electron chi connectivity index (χ3n) is 2.90. The van der Waals surface area contributed by atoms with Crippen LogP contribution in [0.2, 0.25) is 0 Å². The molecule has 0 aliphatic rings. The molecule has 2 aromatic rings. The van der Waals surface area contributed by atoms with E-state index in [1.807, 2.05) is 68.4 Å². The number of oxime groups is 1. The summed E-state index contributed by atoms with van der Waals surface area (Å²) >= 11 is 0. The number of carbonyl (C=O) groups is 1. The number of nitrogens with zero attached hydrogens (tertiary/aromatic N) is 1. The predicted octanol–water partition coefficient (Wildman–Crippen LogP) is 3.33. The Kier molecular flexibility index (Phi) is 5.74. The lowest BCUT2D eigenvalue weighted by Gasteiger charge is -2.15. The van der Waals surface area contributed by atoms with Crippen LogP contribution < -0.4 is 4.74 Å². The third-order valence-corrected chi connectivity index (χ3v) is 2.90. The van der Waals surface area contributed by atoms with E-state index in [0.29, 0.717) is 11.5 Å². The van der Waals surface area contributed by atoms with Crippen LogP contribution in [0.3, 0.4) is 0 Å². The minimum absolute atomic E-state index is 0.00751. The molecule has 2 aromatic carbocycles. The van der Waals surface area contributed by atoms with Crippen LogP contribution in [0.5, 0.6) is 5.75 Å². The van der Waals surface area contributed by atoms with E-state index in [9.17, 15) is 4.79 Å². The highest BCUT2D eigenvalue weighted by Crippen LogP contribution is 2.23. The molecule has 0 aliphatic heterocycles. The maximum absolute atomic E-state index is 10.6. The molecule has 1 N–H and O–H groups in total. The Balaban J connectivity index is 2.44. The van der Waals surface area contributed by atoms with Gasteiger partial charge in [-0.15, -0.1) is 0 Å². The normalized spacial score (nSPS) is 11.3. The molecule has 0 saturated carbocycles. The van der Waals surface area contributed by atoms with Gasteiger partial charge in [-0.1, -0.05) is 47.6 Å². The van der Waals surface area contributed by atoms with E-state index < -0.39 is 12.6 Å². The van der Waals surface area contributed by atoms with E-state index in [2.05, 4.69) is 5.16 Å². The number of para-hydroxylation sites is 1. The highest BCUT2D eigenvalue weighted by atomic mass is 16.6. The molecule has 120 valence electrons. The van der Waals surface area contributed by atoms with Crippen LogP contribution in [-0.2, 0) is 9.63 Å². The Bertz CT molecular complexity index is 680. The molecule has 0 amide bonds. The predicted molar refractivity (Wildman–Crippen MR) is 87.9 cm³/mol. The largest absolute Gasteiger partial charge is 0.490 e. The lowest BCUT2D eigenvalue weighted by molar-refractivity contribution is -0.142. The van der Waals surface area contributed by atoms with Crippen molar-refractivity contribution < 1.29 is 19.5 Å². The van der Waals surface area contributed by atoms with E-state index in [4.69, 9.17) is 14.7 Å². The van der Waals surface area contributed by atoms with Crippen LogP contribution in [0.1, 0.15) is 25.0 Å². The van der Waals surface area contributed by atoms with Crippen LogP contribution in [-0.4, -0.2) is 29.5 Å². The molecule has 0 heterocycles. The molecule has 2 rings (SSSR count). The maximum Gasteiger partial charge on any atom is 0.344 e. The Morgan fingerprint density at radius 1 is 1.09 bits per heavy atom. The summed E-state index contributed by atoms with van der Waals surface area (Å²) < 4.78 is 5.82. The second-order valence-corrected chi connectivity index (χ2v) is 5.14. The number of benzene rings is 2. The Morgan fingerprint density at radius 2 is 1.74 bits per heavy atom. The minimum atomic E-state index is -1.08. The van der Waals surface area contributed by atoms with Gasteiger partial charge in [-0.05, 0) is 26.0 Å².